The van der Waals surface area contributed by atoms with Crippen LogP contribution in [0.5, 0.6) is 0 Å². The van der Waals surface area contributed by atoms with E-state index in [0.717, 1.165) is 11.3 Å². The molecule has 0 bridgehead atoms. The minimum Gasteiger partial charge on any atom is -0.229 e. The number of nitrogens with zero attached hydrogens (tertiary/aromatic N) is 4. The van der Waals surface area contributed by atoms with E-state index in [2.05, 4.69) is 15.5 Å². The van der Waals surface area contributed by atoms with E-state index in [1.54, 1.807) is 16.4 Å². The van der Waals surface area contributed by atoms with Crippen molar-refractivity contribution in [1.29, 1.82) is 0 Å². The predicted molar refractivity (Wildman–Crippen MR) is 81.4 cm³/mol. The molecule has 8 heteroatoms. The van der Waals surface area contributed by atoms with Gasteiger partial charge in [0.2, 0.25) is 5.16 Å². The number of aryl methyl sites for hydroxylation is 1. The zero-order valence-electron chi connectivity index (χ0n) is 11.6. The van der Waals surface area contributed by atoms with Crippen molar-refractivity contribution < 1.29 is 8.42 Å². The fourth-order valence-electron chi connectivity index (χ4n) is 2.31. The van der Waals surface area contributed by atoms with Gasteiger partial charge in [-0.05, 0) is 47.9 Å². The fraction of sp³-hybridized carbons (Fsp3) is 0.462. The molecule has 1 aromatic carbocycles. The first-order chi connectivity index (χ1) is 10.0. The summed E-state index contributed by atoms with van der Waals surface area (Å²) in [6.07, 6.45) is 1.32. The van der Waals surface area contributed by atoms with Crippen molar-refractivity contribution in [3.05, 3.63) is 29.8 Å². The van der Waals surface area contributed by atoms with Crippen LogP contribution in [0.2, 0.25) is 0 Å². The molecule has 1 aliphatic heterocycles. The quantitative estimate of drug-likeness (QED) is 0.854. The van der Waals surface area contributed by atoms with Crippen LogP contribution in [0.4, 0.5) is 0 Å². The van der Waals surface area contributed by atoms with Gasteiger partial charge in [0.25, 0.3) is 0 Å². The summed E-state index contributed by atoms with van der Waals surface area (Å²) in [4.78, 5) is 0. The standard InChI is InChI=1S/C13H16N4O2S2/c1-10-3-2-4-11(9-10)17-13(14-15-16-17)20-12-5-7-21(18,19)8-6-12/h2-4,9,12H,5-8H2,1H3. The summed E-state index contributed by atoms with van der Waals surface area (Å²) in [5, 5.41) is 12.8. The Morgan fingerprint density at radius 2 is 2.05 bits per heavy atom. The van der Waals surface area contributed by atoms with Gasteiger partial charge >= 0.3 is 0 Å². The number of thioether (sulfide) groups is 1. The molecule has 1 fully saturated rings. The lowest BCUT2D eigenvalue weighted by molar-refractivity contribution is 0.577. The molecule has 112 valence electrons. The van der Waals surface area contributed by atoms with Crippen LogP contribution >= 0.6 is 11.8 Å². The smallest absolute Gasteiger partial charge is 0.214 e. The van der Waals surface area contributed by atoms with Crippen molar-refractivity contribution in [2.24, 2.45) is 0 Å². The highest BCUT2D eigenvalue weighted by atomic mass is 32.2. The molecule has 0 atom stereocenters. The predicted octanol–water partition coefficient (Wildman–Crippen LogP) is 1.64. The second-order valence-corrected chi connectivity index (χ2v) is 8.75. The summed E-state index contributed by atoms with van der Waals surface area (Å²) in [6.45, 7) is 2.02. The second kappa shape index (κ2) is 5.76. The highest BCUT2D eigenvalue weighted by Crippen LogP contribution is 2.30. The van der Waals surface area contributed by atoms with Crippen molar-refractivity contribution in [1.82, 2.24) is 20.2 Å². The number of sulfone groups is 1. The maximum absolute atomic E-state index is 11.5. The number of aromatic nitrogens is 4. The average Bonchev–Trinajstić information content (AvgIpc) is 2.89. The Hall–Kier alpha value is -1.41. The lowest BCUT2D eigenvalue weighted by atomic mass is 10.2. The molecule has 0 N–H and O–H groups in total. The van der Waals surface area contributed by atoms with Crippen LogP contribution in [0.15, 0.2) is 29.4 Å². The van der Waals surface area contributed by atoms with Gasteiger partial charge in [0, 0.05) is 5.25 Å². The van der Waals surface area contributed by atoms with Crippen LogP contribution in [-0.4, -0.2) is 45.4 Å². The van der Waals surface area contributed by atoms with E-state index in [1.807, 2.05) is 31.2 Å². The van der Waals surface area contributed by atoms with Crippen LogP contribution in [0.1, 0.15) is 18.4 Å². The van der Waals surface area contributed by atoms with Gasteiger partial charge in [-0.1, -0.05) is 23.9 Å². The normalized spacial score (nSPS) is 18.7. The van der Waals surface area contributed by atoms with Gasteiger partial charge in [0.15, 0.2) is 0 Å². The molecular formula is C13H16N4O2S2. The van der Waals surface area contributed by atoms with E-state index in [4.69, 9.17) is 0 Å². The van der Waals surface area contributed by atoms with Crippen molar-refractivity contribution >= 4 is 21.6 Å². The molecule has 1 aromatic heterocycles. The van der Waals surface area contributed by atoms with Crippen molar-refractivity contribution in [3.8, 4) is 5.69 Å². The van der Waals surface area contributed by atoms with Gasteiger partial charge < -0.3 is 0 Å². The third-order valence-corrected chi connectivity index (χ3v) is 6.45. The van der Waals surface area contributed by atoms with E-state index in [0.29, 0.717) is 18.0 Å². The monoisotopic (exact) mass is 324 g/mol. The Morgan fingerprint density at radius 3 is 2.76 bits per heavy atom. The lowest BCUT2D eigenvalue weighted by Crippen LogP contribution is -2.25. The van der Waals surface area contributed by atoms with E-state index in [9.17, 15) is 8.42 Å². The highest BCUT2D eigenvalue weighted by Gasteiger charge is 2.26. The van der Waals surface area contributed by atoms with Crippen LogP contribution in [-0.2, 0) is 9.84 Å². The van der Waals surface area contributed by atoms with Crippen LogP contribution in [0, 0.1) is 6.92 Å². The average molecular weight is 324 g/mol. The second-order valence-electron chi connectivity index (χ2n) is 5.18. The molecule has 0 saturated carbocycles. The molecule has 0 unspecified atom stereocenters. The minimum absolute atomic E-state index is 0.253. The topological polar surface area (TPSA) is 77.7 Å². The first kappa shape index (κ1) is 14.5. The molecule has 1 aliphatic rings. The third kappa shape index (κ3) is 3.44. The van der Waals surface area contributed by atoms with Gasteiger partial charge in [0.05, 0.1) is 17.2 Å². The Balaban J connectivity index is 1.77. The molecule has 0 spiro atoms. The van der Waals surface area contributed by atoms with Gasteiger partial charge in [-0.3, -0.25) is 0 Å². The summed E-state index contributed by atoms with van der Waals surface area (Å²) in [5.74, 6) is 0.521. The van der Waals surface area contributed by atoms with Gasteiger partial charge in [-0.25, -0.2) is 8.42 Å². The Bertz CT molecular complexity index is 728. The molecule has 6 nitrogen and oxygen atoms in total. The van der Waals surface area contributed by atoms with Gasteiger partial charge in [-0.15, -0.1) is 5.10 Å². The Kier molecular flexibility index (Phi) is 3.99. The molecule has 2 aromatic rings. The largest absolute Gasteiger partial charge is 0.229 e. The molecule has 0 radical (unpaired) electrons. The van der Waals surface area contributed by atoms with Gasteiger partial charge in [0.1, 0.15) is 9.84 Å². The van der Waals surface area contributed by atoms with E-state index >= 15 is 0 Å². The molecular weight excluding hydrogens is 308 g/mol. The van der Waals surface area contributed by atoms with Crippen LogP contribution in [0.25, 0.3) is 5.69 Å². The van der Waals surface area contributed by atoms with Gasteiger partial charge in [-0.2, -0.15) is 4.68 Å². The maximum atomic E-state index is 11.5. The molecule has 0 amide bonds. The number of hydrogen-bond donors (Lipinski definition) is 0. The van der Waals surface area contributed by atoms with Crippen LogP contribution < -0.4 is 0 Å². The first-order valence-electron chi connectivity index (χ1n) is 6.76. The van der Waals surface area contributed by atoms with Crippen molar-refractivity contribution in [2.45, 2.75) is 30.2 Å². The summed E-state index contributed by atoms with van der Waals surface area (Å²) >= 11 is 1.56. The minimum atomic E-state index is -2.83. The Morgan fingerprint density at radius 1 is 1.29 bits per heavy atom. The number of rotatable bonds is 3. The number of benzene rings is 1. The first-order valence-corrected chi connectivity index (χ1v) is 9.46. The summed E-state index contributed by atoms with van der Waals surface area (Å²) < 4.78 is 24.6. The SMILES string of the molecule is Cc1cccc(-n2nnnc2SC2CCS(=O)(=O)CC2)c1. The van der Waals surface area contributed by atoms with E-state index in [-0.39, 0.29) is 16.8 Å². The lowest BCUT2D eigenvalue weighted by Gasteiger charge is -2.20. The zero-order valence-corrected chi connectivity index (χ0v) is 13.3. The highest BCUT2D eigenvalue weighted by molar-refractivity contribution is 8.00. The molecule has 1 saturated heterocycles. The van der Waals surface area contributed by atoms with Crippen LogP contribution in [0.3, 0.4) is 0 Å². The van der Waals surface area contributed by atoms with Crippen molar-refractivity contribution in [3.63, 3.8) is 0 Å². The third-order valence-electron chi connectivity index (χ3n) is 3.46. The zero-order chi connectivity index (χ0) is 14.9. The summed E-state index contributed by atoms with van der Waals surface area (Å²) in [7, 11) is -2.83. The molecule has 21 heavy (non-hydrogen) atoms. The number of tetrazole rings is 1. The van der Waals surface area contributed by atoms with E-state index < -0.39 is 9.84 Å². The summed E-state index contributed by atoms with van der Waals surface area (Å²) in [5.41, 5.74) is 2.06. The van der Waals surface area contributed by atoms with E-state index in [1.165, 1.54) is 0 Å². The Labute approximate surface area is 127 Å². The fourth-order valence-corrected chi connectivity index (χ4v) is 5.19. The number of hydrogen-bond acceptors (Lipinski definition) is 6. The van der Waals surface area contributed by atoms with Crippen molar-refractivity contribution in [2.75, 3.05) is 11.5 Å². The molecule has 3 rings (SSSR count). The molecule has 2 heterocycles. The molecule has 0 aliphatic carbocycles. The summed E-state index contributed by atoms with van der Waals surface area (Å²) in [6, 6.07) is 7.96. The maximum Gasteiger partial charge on any atom is 0.214 e.